The molecule has 1 aromatic carbocycles. The third-order valence-corrected chi connectivity index (χ3v) is 5.88. The Hall–Kier alpha value is -2.65. The second-order valence-electron chi connectivity index (χ2n) is 6.43. The first-order chi connectivity index (χ1) is 12.6. The largest absolute Gasteiger partial charge is 0.481 e. The number of aliphatic carboxylic acids is 1. The van der Waals surface area contributed by atoms with Gasteiger partial charge in [0.05, 0.1) is 11.5 Å². The van der Waals surface area contributed by atoms with E-state index in [2.05, 4.69) is 11.4 Å². The molecule has 0 spiro atoms. The molecule has 2 N–H and O–H groups in total. The van der Waals surface area contributed by atoms with Crippen molar-refractivity contribution in [3.8, 4) is 6.07 Å². The van der Waals surface area contributed by atoms with Gasteiger partial charge in [0.2, 0.25) is 5.91 Å². The molecule has 0 saturated heterocycles. The number of nitrogens with zero attached hydrogens (tertiary/aromatic N) is 1. The lowest BCUT2D eigenvalue weighted by molar-refractivity contribution is -0.140. The number of carbonyl (C=O) groups excluding carboxylic acids is 1. The maximum Gasteiger partial charge on any atom is 0.311 e. The van der Waals surface area contributed by atoms with E-state index in [1.165, 1.54) is 16.2 Å². The van der Waals surface area contributed by atoms with E-state index in [1.807, 2.05) is 0 Å². The van der Waals surface area contributed by atoms with Gasteiger partial charge in [-0.1, -0.05) is 36.8 Å². The number of nitriles is 1. The van der Waals surface area contributed by atoms with Crippen molar-refractivity contribution in [2.75, 3.05) is 5.32 Å². The van der Waals surface area contributed by atoms with E-state index in [1.54, 1.807) is 30.3 Å². The second-order valence-corrected chi connectivity index (χ2v) is 7.54. The van der Waals surface area contributed by atoms with Gasteiger partial charge >= 0.3 is 5.97 Å². The van der Waals surface area contributed by atoms with Crippen molar-refractivity contribution in [1.29, 1.82) is 5.26 Å². The van der Waals surface area contributed by atoms with Crippen LogP contribution in [0.25, 0.3) is 0 Å². The number of hydrogen-bond donors (Lipinski definition) is 2. The predicted molar refractivity (Wildman–Crippen MR) is 100 cm³/mol. The van der Waals surface area contributed by atoms with Gasteiger partial charge in [0.15, 0.2) is 0 Å². The van der Waals surface area contributed by atoms with Crippen molar-refractivity contribution in [3.05, 3.63) is 51.9 Å². The molecular weight excluding hydrogens is 348 g/mol. The molecule has 1 heterocycles. The number of fused-ring (bicyclic) bond motifs is 1. The molecule has 1 aromatic heterocycles. The predicted octanol–water partition coefficient (Wildman–Crippen LogP) is 4.09. The molecule has 3 rings (SSSR count). The van der Waals surface area contributed by atoms with E-state index in [0.717, 1.165) is 37.7 Å². The molecule has 134 valence electrons. The van der Waals surface area contributed by atoms with E-state index in [0.29, 0.717) is 16.1 Å². The van der Waals surface area contributed by atoms with Crippen LogP contribution in [0.15, 0.2) is 30.3 Å². The normalized spacial score (nSPS) is 14.6. The molecular formula is C20H20N2O3S. The topological polar surface area (TPSA) is 90.2 Å². The summed E-state index contributed by atoms with van der Waals surface area (Å²) in [6, 6.07) is 11.0. The summed E-state index contributed by atoms with van der Waals surface area (Å²) >= 11 is 1.46. The number of carboxylic acids is 1. The van der Waals surface area contributed by atoms with Crippen LogP contribution in [0.4, 0.5) is 5.00 Å². The summed E-state index contributed by atoms with van der Waals surface area (Å²) < 4.78 is 0. The molecule has 0 aliphatic heterocycles. The van der Waals surface area contributed by atoms with Gasteiger partial charge in [-0.15, -0.1) is 11.3 Å². The summed E-state index contributed by atoms with van der Waals surface area (Å²) in [6.07, 6.45) is 4.96. The maximum absolute atomic E-state index is 12.5. The lowest BCUT2D eigenvalue weighted by Gasteiger charge is -2.12. The third kappa shape index (κ3) is 3.94. The van der Waals surface area contributed by atoms with Crippen LogP contribution >= 0.6 is 11.3 Å². The number of anilines is 1. The highest BCUT2D eigenvalue weighted by Crippen LogP contribution is 2.37. The molecule has 5 nitrogen and oxygen atoms in total. The average molecular weight is 368 g/mol. The quantitative estimate of drug-likeness (QED) is 0.778. The summed E-state index contributed by atoms with van der Waals surface area (Å²) in [6.45, 7) is 0. The van der Waals surface area contributed by atoms with Crippen LogP contribution < -0.4 is 5.32 Å². The molecule has 1 aliphatic rings. The standard InChI is InChI=1S/C20H20N2O3S/c21-12-16-14-9-5-2-6-10-17(14)26-19(16)22-18(23)11-15(20(24)25)13-7-3-1-4-8-13/h1,3-4,7-8,15H,2,5-6,9-11H2,(H,22,23)(H,24,25). The molecule has 0 bridgehead atoms. The zero-order valence-electron chi connectivity index (χ0n) is 14.3. The SMILES string of the molecule is N#Cc1c(NC(=O)CC(C(=O)O)c2ccccc2)sc2c1CCCCC2. The fraction of sp³-hybridized carbons (Fsp3) is 0.350. The fourth-order valence-electron chi connectivity index (χ4n) is 3.35. The summed E-state index contributed by atoms with van der Waals surface area (Å²) in [5.41, 5.74) is 2.20. The Morgan fingerprint density at radius 1 is 1.19 bits per heavy atom. The van der Waals surface area contributed by atoms with Gasteiger partial charge in [-0.25, -0.2) is 0 Å². The lowest BCUT2D eigenvalue weighted by Crippen LogP contribution is -2.20. The lowest BCUT2D eigenvalue weighted by atomic mass is 9.95. The fourth-order valence-corrected chi connectivity index (χ4v) is 4.60. The Balaban J connectivity index is 1.78. The van der Waals surface area contributed by atoms with E-state index >= 15 is 0 Å². The van der Waals surface area contributed by atoms with Crippen LogP contribution in [-0.2, 0) is 22.4 Å². The summed E-state index contributed by atoms with van der Waals surface area (Å²) in [5.74, 6) is -2.32. The van der Waals surface area contributed by atoms with Gasteiger partial charge in [0, 0.05) is 11.3 Å². The summed E-state index contributed by atoms with van der Waals surface area (Å²) in [4.78, 5) is 25.2. The van der Waals surface area contributed by atoms with Gasteiger partial charge in [-0.2, -0.15) is 5.26 Å². The van der Waals surface area contributed by atoms with Crippen molar-refractivity contribution >= 4 is 28.2 Å². The van der Waals surface area contributed by atoms with Gasteiger partial charge in [-0.3, -0.25) is 9.59 Å². The van der Waals surface area contributed by atoms with Crippen LogP contribution in [0.1, 0.15) is 53.2 Å². The zero-order valence-corrected chi connectivity index (χ0v) is 15.1. The molecule has 0 saturated carbocycles. The second kappa shape index (κ2) is 8.15. The molecule has 0 fully saturated rings. The van der Waals surface area contributed by atoms with Crippen molar-refractivity contribution in [2.24, 2.45) is 0 Å². The van der Waals surface area contributed by atoms with Crippen LogP contribution in [-0.4, -0.2) is 17.0 Å². The Morgan fingerprint density at radius 2 is 1.92 bits per heavy atom. The van der Waals surface area contributed by atoms with Crippen molar-refractivity contribution < 1.29 is 14.7 Å². The Labute approximate surface area is 156 Å². The number of rotatable bonds is 5. The number of amides is 1. The van der Waals surface area contributed by atoms with Gasteiger partial charge in [0.1, 0.15) is 11.1 Å². The average Bonchev–Trinajstić information content (AvgIpc) is 2.79. The number of benzene rings is 1. The Kier molecular flexibility index (Phi) is 5.69. The van der Waals surface area contributed by atoms with E-state index in [9.17, 15) is 20.0 Å². The minimum atomic E-state index is -1.03. The first kappa shape index (κ1) is 18.2. The van der Waals surface area contributed by atoms with E-state index in [4.69, 9.17) is 0 Å². The summed E-state index contributed by atoms with van der Waals surface area (Å²) in [7, 11) is 0. The van der Waals surface area contributed by atoms with Crippen LogP contribution in [0.3, 0.4) is 0 Å². The highest BCUT2D eigenvalue weighted by molar-refractivity contribution is 7.16. The van der Waals surface area contributed by atoms with Gasteiger partial charge in [-0.05, 0) is 36.8 Å². The minimum Gasteiger partial charge on any atom is -0.481 e. The highest BCUT2D eigenvalue weighted by atomic mass is 32.1. The molecule has 26 heavy (non-hydrogen) atoms. The Bertz CT molecular complexity index is 852. The first-order valence-electron chi connectivity index (χ1n) is 8.72. The van der Waals surface area contributed by atoms with Gasteiger partial charge < -0.3 is 10.4 Å². The van der Waals surface area contributed by atoms with Crippen molar-refractivity contribution in [2.45, 2.75) is 44.4 Å². The molecule has 2 aromatic rings. The highest BCUT2D eigenvalue weighted by Gasteiger charge is 2.25. The maximum atomic E-state index is 12.5. The number of aryl methyl sites for hydroxylation is 1. The molecule has 0 radical (unpaired) electrons. The van der Waals surface area contributed by atoms with Crippen molar-refractivity contribution in [3.63, 3.8) is 0 Å². The third-order valence-electron chi connectivity index (χ3n) is 4.68. The van der Waals surface area contributed by atoms with Crippen molar-refractivity contribution in [1.82, 2.24) is 0 Å². The minimum absolute atomic E-state index is 0.160. The monoisotopic (exact) mass is 368 g/mol. The smallest absolute Gasteiger partial charge is 0.311 e. The number of hydrogen-bond acceptors (Lipinski definition) is 4. The van der Waals surface area contributed by atoms with Crippen LogP contribution in [0.5, 0.6) is 0 Å². The summed E-state index contributed by atoms with van der Waals surface area (Å²) in [5, 5.41) is 22.3. The van der Waals surface area contributed by atoms with Gasteiger partial charge in [0.25, 0.3) is 0 Å². The molecule has 1 unspecified atom stereocenters. The molecule has 1 aliphatic carbocycles. The number of carboxylic acid groups (broad SMARTS) is 1. The van der Waals surface area contributed by atoms with E-state index in [-0.39, 0.29) is 12.3 Å². The van der Waals surface area contributed by atoms with Crippen LogP contribution in [0, 0.1) is 11.3 Å². The van der Waals surface area contributed by atoms with Crippen LogP contribution in [0.2, 0.25) is 0 Å². The molecule has 6 heteroatoms. The van der Waals surface area contributed by atoms with E-state index < -0.39 is 11.9 Å². The molecule has 1 amide bonds. The number of carbonyl (C=O) groups is 2. The zero-order chi connectivity index (χ0) is 18.5. The Morgan fingerprint density at radius 3 is 2.62 bits per heavy atom. The molecule has 1 atom stereocenters. The first-order valence-corrected chi connectivity index (χ1v) is 9.54. The number of nitrogens with one attached hydrogen (secondary N) is 1. The number of thiophene rings is 1.